The maximum Gasteiger partial charge on any atom is 0.223 e. The van der Waals surface area contributed by atoms with Gasteiger partial charge in [0.1, 0.15) is 6.10 Å². The van der Waals surface area contributed by atoms with Gasteiger partial charge in [-0.2, -0.15) is 0 Å². The SMILES string of the molecule is CC[C@@](C)(N)c1cnc(OC2CC(S(C)(=O)=O)C2)c2cnc(C)cc12. The van der Waals surface area contributed by atoms with Gasteiger partial charge in [-0.25, -0.2) is 13.4 Å². The summed E-state index contributed by atoms with van der Waals surface area (Å²) in [4.78, 5) is 8.83. The molecule has 0 radical (unpaired) electrons. The van der Waals surface area contributed by atoms with Gasteiger partial charge >= 0.3 is 0 Å². The molecule has 2 N–H and O–H groups in total. The number of sulfone groups is 1. The zero-order valence-corrected chi connectivity index (χ0v) is 15.9. The van der Waals surface area contributed by atoms with Crippen LogP contribution in [0.3, 0.4) is 0 Å². The lowest BCUT2D eigenvalue weighted by Crippen LogP contribution is -2.42. The topological polar surface area (TPSA) is 95.2 Å². The average Bonchev–Trinajstić information content (AvgIpc) is 2.48. The minimum absolute atomic E-state index is 0.127. The zero-order chi connectivity index (χ0) is 18.4. The van der Waals surface area contributed by atoms with Crippen LogP contribution < -0.4 is 10.5 Å². The number of nitrogens with two attached hydrogens (primary N) is 1. The molecule has 2 aromatic heterocycles. The number of aryl methyl sites for hydroxylation is 1. The molecule has 1 atom stereocenters. The molecular formula is C18H25N3O3S. The predicted octanol–water partition coefficient (Wildman–Crippen LogP) is 2.48. The Labute approximate surface area is 148 Å². The van der Waals surface area contributed by atoms with E-state index in [0.717, 1.165) is 28.5 Å². The minimum atomic E-state index is -3.00. The summed E-state index contributed by atoms with van der Waals surface area (Å²) in [6.45, 7) is 5.97. The number of hydrogen-bond acceptors (Lipinski definition) is 6. The Bertz CT molecular complexity index is 903. The van der Waals surface area contributed by atoms with Crippen LogP contribution in [0, 0.1) is 6.92 Å². The maximum atomic E-state index is 11.6. The van der Waals surface area contributed by atoms with E-state index in [1.54, 1.807) is 12.4 Å². The van der Waals surface area contributed by atoms with Crippen molar-refractivity contribution in [1.82, 2.24) is 9.97 Å². The van der Waals surface area contributed by atoms with Gasteiger partial charge in [0.05, 0.1) is 10.6 Å². The minimum Gasteiger partial charge on any atom is -0.474 e. The molecule has 2 heterocycles. The molecule has 6 nitrogen and oxygen atoms in total. The molecule has 1 aliphatic carbocycles. The molecule has 0 aromatic carbocycles. The van der Waals surface area contributed by atoms with E-state index in [2.05, 4.69) is 9.97 Å². The second kappa shape index (κ2) is 6.21. The largest absolute Gasteiger partial charge is 0.474 e. The van der Waals surface area contributed by atoms with Gasteiger partial charge < -0.3 is 10.5 Å². The highest BCUT2D eigenvalue weighted by atomic mass is 32.2. The van der Waals surface area contributed by atoms with Crippen molar-refractivity contribution in [3.63, 3.8) is 0 Å². The molecule has 0 amide bonds. The van der Waals surface area contributed by atoms with Crippen LogP contribution in [0.15, 0.2) is 18.5 Å². The first kappa shape index (κ1) is 18.1. The van der Waals surface area contributed by atoms with E-state index in [0.29, 0.717) is 18.7 Å². The van der Waals surface area contributed by atoms with E-state index in [1.807, 2.05) is 26.8 Å². The van der Waals surface area contributed by atoms with E-state index in [9.17, 15) is 8.42 Å². The van der Waals surface area contributed by atoms with Crippen molar-refractivity contribution in [1.29, 1.82) is 0 Å². The lowest BCUT2D eigenvalue weighted by atomic mass is 9.88. The molecule has 136 valence electrons. The molecule has 7 heteroatoms. The molecule has 25 heavy (non-hydrogen) atoms. The summed E-state index contributed by atoms with van der Waals surface area (Å²) in [6, 6.07) is 2.00. The summed E-state index contributed by atoms with van der Waals surface area (Å²) in [5.74, 6) is 0.495. The monoisotopic (exact) mass is 363 g/mol. The Morgan fingerprint density at radius 3 is 2.56 bits per heavy atom. The van der Waals surface area contributed by atoms with Crippen molar-refractivity contribution in [2.45, 2.75) is 56.9 Å². The van der Waals surface area contributed by atoms with Crippen molar-refractivity contribution < 1.29 is 13.2 Å². The molecule has 0 spiro atoms. The Kier molecular flexibility index (Phi) is 4.49. The quantitative estimate of drug-likeness (QED) is 0.877. The molecule has 0 unspecified atom stereocenters. The molecule has 1 aliphatic rings. The smallest absolute Gasteiger partial charge is 0.223 e. The number of fused-ring (bicyclic) bond motifs is 1. The maximum absolute atomic E-state index is 11.6. The van der Waals surface area contributed by atoms with Crippen molar-refractivity contribution in [3.8, 4) is 5.88 Å². The summed E-state index contributed by atoms with van der Waals surface area (Å²) in [5, 5.41) is 1.50. The van der Waals surface area contributed by atoms with E-state index >= 15 is 0 Å². The van der Waals surface area contributed by atoms with Crippen LogP contribution in [0.4, 0.5) is 0 Å². The van der Waals surface area contributed by atoms with Crippen LogP contribution in [-0.4, -0.2) is 36.0 Å². The number of nitrogens with zero attached hydrogens (tertiary/aromatic N) is 2. The van der Waals surface area contributed by atoms with E-state index in [-0.39, 0.29) is 11.4 Å². The molecule has 0 aliphatic heterocycles. The summed E-state index contributed by atoms with van der Waals surface area (Å²) in [5.41, 5.74) is 7.81. The summed E-state index contributed by atoms with van der Waals surface area (Å²) >= 11 is 0. The molecule has 1 saturated carbocycles. The lowest BCUT2D eigenvalue weighted by Gasteiger charge is -2.34. The van der Waals surface area contributed by atoms with E-state index in [4.69, 9.17) is 10.5 Å². The fraction of sp³-hybridized carbons (Fsp3) is 0.556. The Hall–Kier alpha value is -1.73. The summed E-state index contributed by atoms with van der Waals surface area (Å²) in [7, 11) is -3.00. The summed E-state index contributed by atoms with van der Waals surface area (Å²) in [6.07, 6.45) is 6.47. The van der Waals surface area contributed by atoms with Crippen molar-refractivity contribution in [2.75, 3.05) is 6.26 Å². The lowest BCUT2D eigenvalue weighted by molar-refractivity contribution is 0.119. The van der Waals surface area contributed by atoms with Crippen molar-refractivity contribution in [3.05, 3.63) is 29.7 Å². The van der Waals surface area contributed by atoms with Gasteiger partial charge in [-0.05, 0) is 37.3 Å². The molecule has 0 bridgehead atoms. The molecule has 3 rings (SSSR count). The normalized spacial score (nSPS) is 23.1. The third-order valence-corrected chi connectivity index (χ3v) is 6.75. The van der Waals surface area contributed by atoms with Crippen LogP contribution in [0.1, 0.15) is 44.4 Å². The van der Waals surface area contributed by atoms with Gasteiger partial charge in [-0.3, -0.25) is 4.98 Å². The van der Waals surface area contributed by atoms with Crippen LogP contribution in [-0.2, 0) is 15.4 Å². The standard InChI is InChI=1S/C18H25N3O3S/c1-5-18(3,19)16-10-21-17(15-9-20-11(2)6-14(15)16)24-12-7-13(8-12)25(4,22)23/h6,9-10,12-13H,5,7-8,19H2,1-4H3/t12?,13?,18-/m1/s1. The third kappa shape index (κ3) is 3.48. The highest BCUT2D eigenvalue weighted by Gasteiger charge is 2.38. The fourth-order valence-electron chi connectivity index (χ4n) is 3.08. The first-order chi connectivity index (χ1) is 11.6. The number of rotatable bonds is 5. The van der Waals surface area contributed by atoms with E-state index in [1.165, 1.54) is 6.26 Å². The molecule has 2 aromatic rings. The van der Waals surface area contributed by atoms with Gasteiger partial charge in [0.25, 0.3) is 0 Å². The van der Waals surface area contributed by atoms with Crippen LogP contribution in [0.2, 0.25) is 0 Å². The first-order valence-corrected chi connectivity index (χ1v) is 10.5. The number of ether oxygens (including phenoxy) is 1. The summed E-state index contributed by atoms with van der Waals surface area (Å²) < 4.78 is 29.1. The molecular weight excluding hydrogens is 338 g/mol. The zero-order valence-electron chi connectivity index (χ0n) is 15.1. The number of hydrogen-bond donors (Lipinski definition) is 1. The van der Waals surface area contributed by atoms with Crippen molar-refractivity contribution >= 4 is 20.6 Å². The second-order valence-corrected chi connectivity index (χ2v) is 9.61. The highest BCUT2D eigenvalue weighted by molar-refractivity contribution is 7.91. The van der Waals surface area contributed by atoms with Crippen LogP contribution in [0.5, 0.6) is 5.88 Å². The first-order valence-electron chi connectivity index (χ1n) is 8.52. The molecule has 1 fully saturated rings. The Morgan fingerprint density at radius 2 is 1.96 bits per heavy atom. The van der Waals surface area contributed by atoms with Gasteiger partial charge in [-0.15, -0.1) is 0 Å². The third-order valence-electron chi connectivity index (χ3n) is 5.16. The highest BCUT2D eigenvalue weighted by Crippen LogP contribution is 2.36. The average molecular weight is 363 g/mol. The van der Waals surface area contributed by atoms with Crippen LogP contribution >= 0.6 is 0 Å². The number of aromatic nitrogens is 2. The predicted molar refractivity (Wildman–Crippen MR) is 98.4 cm³/mol. The van der Waals surface area contributed by atoms with Gasteiger partial charge in [0, 0.05) is 42.7 Å². The van der Waals surface area contributed by atoms with Gasteiger partial charge in [0.2, 0.25) is 5.88 Å². The van der Waals surface area contributed by atoms with Crippen molar-refractivity contribution in [2.24, 2.45) is 5.73 Å². The van der Waals surface area contributed by atoms with Gasteiger partial charge in [-0.1, -0.05) is 6.92 Å². The number of pyridine rings is 2. The van der Waals surface area contributed by atoms with E-state index < -0.39 is 15.4 Å². The second-order valence-electron chi connectivity index (χ2n) is 7.28. The Morgan fingerprint density at radius 1 is 1.28 bits per heavy atom. The van der Waals surface area contributed by atoms with Gasteiger partial charge in [0.15, 0.2) is 9.84 Å². The Balaban J connectivity index is 1.95. The fourth-order valence-corrected chi connectivity index (χ4v) is 4.20. The molecule has 0 saturated heterocycles. The van der Waals surface area contributed by atoms with Crippen LogP contribution in [0.25, 0.3) is 10.8 Å².